The van der Waals surface area contributed by atoms with Crippen molar-refractivity contribution < 1.29 is 8.42 Å². The second-order valence-corrected chi connectivity index (χ2v) is 12.7. The van der Waals surface area contributed by atoms with Gasteiger partial charge in [0.15, 0.2) is 15.0 Å². The number of aromatic nitrogens is 1. The number of rotatable bonds is 5. The van der Waals surface area contributed by atoms with E-state index in [1.807, 2.05) is 45.2 Å². The van der Waals surface area contributed by atoms with Crippen molar-refractivity contribution in [1.82, 2.24) is 4.98 Å². The van der Waals surface area contributed by atoms with Crippen molar-refractivity contribution in [3.8, 4) is 0 Å². The van der Waals surface area contributed by atoms with Crippen molar-refractivity contribution in [2.24, 2.45) is 0 Å². The summed E-state index contributed by atoms with van der Waals surface area (Å²) in [6.45, 7) is 9.19. The van der Waals surface area contributed by atoms with Gasteiger partial charge in [-0.1, -0.05) is 35.3 Å². The van der Waals surface area contributed by atoms with Gasteiger partial charge >= 0.3 is 0 Å². The van der Waals surface area contributed by atoms with Crippen molar-refractivity contribution in [3.63, 3.8) is 0 Å². The van der Waals surface area contributed by atoms with Gasteiger partial charge in [-0.2, -0.15) is 0 Å². The maximum Gasteiger partial charge on any atom is 0.185 e. The Balaban J connectivity index is 1.47. The molecule has 4 nitrogen and oxygen atoms in total. The fraction of sp³-hybridized carbons (Fsp3) is 0.400. The van der Waals surface area contributed by atoms with E-state index in [1.165, 1.54) is 0 Å². The van der Waals surface area contributed by atoms with Gasteiger partial charge in [-0.3, -0.25) is 0 Å². The summed E-state index contributed by atoms with van der Waals surface area (Å²) >= 11 is 13.9. The molecule has 0 atom stereocenters. The predicted molar refractivity (Wildman–Crippen MR) is 139 cm³/mol. The summed E-state index contributed by atoms with van der Waals surface area (Å²) in [7, 11) is -3.39. The second-order valence-electron chi connectivity index (χ2n) is 8.85. The minimum absolute atomic E-state index is 0.361. The van der Waals surface area contributed by atoms with E-state index in [-0.39, 0.29) is 5.25 Å². The molecule has 1 aromatic heterocycles. The van der Waals surface area contributed by atoms with Crippen molar-refractivity contribution >= 4 is 49.5 Å². The van der Waals surface area contributed by atoms with Crippen molar-refractivity contribution in [2.45, 2.75) is 57.1 Å². The van der Waals surface area contributed by atoms with Crippen LogP contribution in [0.25, 0.3) is 0 Å². The Labute approximate surface area is 210 Å². The van der Waals surface area contributed by atoms with Crippen LogP contribution < -0.4 is 4.90 Å². The highest BCUT2D eigenvalue weighted by molar-refractivity contribution is 7.92. The Kier molecular flexibility index (Phi) is 7.11. The molecule has 33 heavy (non-hydrogen) atoms. The molecular formula is C25H28Cl2N2O2S2. The van der Waals surface area contributed by atoms with Gasteiger partial charge in [0.25, 0.3) is 0 Å². The van der Waals surface area contributed by atoms with Gasteiger partial charge < -0.3 is 4.90 Å². The first-order chi connectivity index (χ1) is 15.6. The minimum Gasteiger partial charge on any atom is -0.348 e. The summed E-state index contributed by atoms with van der Waals surface area (Å²) in [5.74, 6) is 0. The third-order valence-electron chi connectivity index (χ3n) is 6.66. The molecule has 8 heteroatoms. The van der Waals surface area contributed by atoms with Crippen LogP contribution in [0.1, 0.15) is 46.4 Å². The first-order valence-corrected chi connectivity index (χ1v) is 14.2. The van der Waals surface area contributed by atoms with Gasteiger partial charge in [-0.15, -0.1) is 11.3 Å². The molecule has 0 radical (unpaired) electrons. The summed E-state index contributed by atoms with van der Waals surface area (Å²) in [5.41, 5.74) is 5.77. The van der Waals surface area contributed by atoms with E-state index in [2.05, 4.69) is 11.0 Å². The zero-order valence-corrected chi connectivity index (χ0v) is 22.4. The maximum absolute atomic E-state index is 13.6. The Morgan fingerprint density at radius 3 is 2.27 bits per heavy atom. The highest BCUT2D eigenvalue weighted by Crippen LogP contribution is 2.34. The summed E-state index contributed by atoms with van der Waals surface area (Å²) in [6.07, 6.45) is 1.85. The Bertz CT molecular complexity index is 1270. The van der Waals surface area contributed by atoms with Gasteiger partial charge in [0, 0.05) is 34.9 Å². The molecule has 0 amide bonds. The van der Waals surface area contributed by atoms with Crippen LogP contribution in [0.5, 0.6) is 0 Å². The van der Waals surface area contributed by atoms with Gasteiger partial charge in [0.2, 0.25) is 0 Å². The van der Waals surface area contributed by atoms with Crippen LogP contribution in [0.4, 0.5) is 5.13 Å². The fourth-order valence-electron chi connectivity index (χ4n) is 4.51. The highest BCUT2D eigenvalue weighted by Gasteiger charge is 2.34. The number of nitrogens with zero attached hydrogens (tertiary/aromatic N) is 2. The molecule has 176 valence electrons. The lowest BCUT2D eigenvalue weighted by Gasteiger charge is -2.32. The van der Waals surface area contributed by atoms with E-state index in [4.69, 9.17) is 28.2 Å². The van der Waals surface area contributed by atoms with Crippen molar-refractivity contribution in [1.29, 1.82) is 0 Å². The quantitative estimate of drug-likeness (QED) is 0.373. The van der Waals surface area contributed by atoms with Crippen LogP contribution in [0.3, 0.4) is 0 Å². The van der Waals surface area contributed by atoms with Crippen LogP contribution in [-0.4, -0.2) is 31.7 Å². The number of thiazole rings is 1. The summed E-state index contributed by atoms with van der Waals surface area (Å²) in [4.78, 5) is 7.53. The van der Waals surface area contributed by atoms with Gasteiger partial charge in [-0.25, -0.2) is 13.4 Å². The highest BCUT2D eigenvalue weighted by atomic mass is 35.5. The topological polar surface area (TPSA) is 50.3 Å². The predicted octanol–water partition coefficient (Wildman–Crippen LogP) is 6.72. The van der Waals surface area contributed by atoms with Gasteiger partial charge in [-0.05, 0) is 80.5 Å². The SMILES string of the molecule is Cc1cc(C)c(C)c(S(=O)(=O)C2CCN(c3nc(Cc4ccc(Cl)cc4Cl)cs3)CC2)c1C. The third-order valence-corrected chi connectivity index (χ3v) is 10.7. The number of hydrogen-bond acceptors (Lipinski definition) is 5. The average Bonchev–Trinajstić information content (AvgIpc) is 3.23. The van der Waals surface area contributed by atoms with E-state index >= 15 is 0 Å². The standard InChI is InChI=1S/C25H28Cl2N2O2S2/c1-15-11-16(2)18(4)24(17(15)3)33(30,31)22-7-9-29(10-8-22)25-28-21(14-32-25)12-19-5-6-20(26)13-23(19)27/h5-6,11,13-14,22H,7-10,12H2,1-4H3. The zero-order chi connectivity index (χ0) is 23.9. The van der Waals surface area contributed by atoms with Crippen LogP contribution in [0, 0.1) is 27.7 Å². The first-order valence-electron chi connectivity index (χ1n) is 11.0. The monoisotopic (exact) mass is 522 g/mol. The molecule has 1 aliphatic heterocycles. The normalized spacial score (nSPS) is 15.3. The number of sulfone groups is 1. The van der Waals surface area contributed by atoms with Crippen LogP contribution >= 0.6 is 34.5 Å². The molecule has 2 heterocycles. The molecule has 0 spiro atoms. The van der Waals surface area contributed by atoms with E-state index in [0.29, 0.717) is 47.3 Å². The largest absolute Gasteiger partial charge is 0.348 e. The third kappa shape index (κ3) is 4.95. The van der Waals surface area contributed by atoms with E-state index in [9.17, 15) is 8.42 Å². The first kappa shape index (κ1) is 24.5. The van der Waals surface area contributed by atoms with Crippen LogP contribution in [0.15, 0.2) is 34.5 Å². The molecule has 0 N–H and O–H groups in total. The Morgan fingerprint density at radius 1 is 1.03 bits per heavy atom. The van der Waals surface area contributed by atoms with Gasteiger partial charge in [0.05, 0.1) is 15.8 Å². The molecule has 0 bridgehead atoms. The summed E-state index contributed by atoms with van der Waals surface area (Å²) in [6, 6.07) is 7.58. The fourth-order valence-corrected chi connectivity index (χ4v) is 8.21. The molecular weight excluding hydrogens is 495 g/mol. The molecule has 0 unspecified atom stereocenters. The lowest BCUT2D eigenvalue weighted by atomic mass is 10.0. The van der Waals surface area contributed by atoms with Gasteiger partial charge in [0.1, 0.15) is 0 Å². The number of aryl methyl sites for hydroxylation is 2. The molecule has 3 aromatic rings. The molecule has 1 saturated heterocycles. The van der Waals surface area contributed by atoms with E-state index < -0.39 is 9.84 Å². The lowest BCUT2D eigenvalue weighted by Crippen LogP contribution is -2.39. The Hall–Kier alpha value is -1.60. The number of anilines is 1. The Morgan fingerprint density at radius 2 is 1.67 bits per heavy atom. The number of halogens is 2. The second kappa shape index (κ2) is 9.57. The number of benzene rings is 2. The lowest BCUT2D eigenvalue weighted by molar-refractivity contribution is 0.528. The van der Waals surface area contributed by atoms with Crippen LogP contribution in [0.2, 0.25) is 10.0 Å². The van der Waals surface area contributed by atoms with Crippen molar-refractivity contribution in [3.05, 3.63) is 73.2 Å². The minimum atomic E-state index is -3.39. The summed E-state index contributed by atoms with van der Waals surface area (Å²) < 4.78 is 27.2. The number of piperidine rings is 1. The molecule has 1 fully saturated rings. The van der Waals surface area contributed by atoms with E-state index in [0.717, 1.165) is 38.6 Å². The molecule has 4 rings (SSSR count). The van der Waals surface area contributed by atoms with Crippen molar-refractivity contribution in [2.75, 3.05) is 18.0 Å². The summed E-state index contributed by atoms with van der Waals surface area (Å²) in [5, 5.41) is 3.88. The molecule has 2 aromatic carbocycles. The van der Waals surface area contributed by atoms with E-state index in [1.54, 1.807) is 17.4 Å². The molecule has 0 aliphatic carbocycles. The zero-order valence-electron chi connectivity index (χ0n) is 19.3. The number of hydrogen-bond donors (Lipinski definition) is 0. The maximum atomic E-state index is 13.6. The molecule has 0 saturated carbocycles. The average molecular weight is 524 g/mol. The molecule has 1 aliphatic rings. The smallest absolute Gasteiger partial charge is 0.185 e. The van der Waals surface area contributed by atoms with Crippen LogP contribution in [-0.2, 0) is 16.3 Å².